The molecule has 1 saturated heterocycles. The minimum absolute atomic E-state index is 0.0610. The van der Waals surface area contributed by atoms with Gasteiger partial charge in [-0.3, -0.25) is 4.79 Å². The summed E-state index contributed by atoms with van der Waals surface area (Å²) in [4.78, 5) is 14.9. The van der Waals surface area contributed by atoms with Crippen molar-refractivity contribution in [1.82, 2.24) is 10.2 Å². The van der Waals surface area contributed by atoms with Gasteiger partial charge >= 0.3 is 0 Å². The van der Waals surface area contributed by atoms with Gasteiger partial charge in [0, 0.05) is 30.8 Å². The van der Waals surface area contributed by atoms with Crippen LogP contribution < -0.4 is 20.5 Å². The SMILES string of the molecule is CCCCN1CC[C@@H](CNC(=O)c2cc(N)cc3c2OCCO3)C(O)C1. The Labute approximate surface area is 154 Å². The van der Waals surface area contributed by atoms with E-state index in [-0.39, 0.29) is 11.8 Å². The summed E-state index contributed by atoms with van der Waals surface area (Å²) in [6.45, 7) is 6.12. The molecular weight excluding hydrogens is 334 g/mol. The van der Waals surface area contributed by atoms with Crippen LogP contribution in [0.2, 0.25) is 0 Å². The summed E-state index contributed by atoms with van der Waals surface area (Å²) in [6.07, 6.45) is 2.76. The lowest BCUT2D eigenvalue weighted by molar-refractivity contribution is 0.0217. The number of likely N-dealkylation sites (tertiary alicyclic amines) is 1. The van der Waals surface area contributed by atoms with Crippen LogP contribution in [0.1, 0.15) is 36.5 Å². The van der Waals surface area contributed by atoms with Crippen molar-refractivity contribution in [3.8, 4) is 11.5 Å². The van der Waals surface area contributed by atoms with Gasteiger partial charge in [0.05, 0.1) is 11.7 Å². The van der Waals surface area contributed by atoms with Gasteiger partial charge in [0.1, 0.15) is 13.2 Å². The lowest BCUT2D eigenvalue weighted by atomic mass is 9.93. The molecule has 1 amide bonds. The number of ether oxygens (including phenoxy) is 2. The quantitative estimate of drug-likeness (QED) is 0.658. The van der Waals surface area contributed by atoms with Gasteiger partial charge in [0.2, 0.25) is 0 Å². The number of nitrogens with one attached hydrogen (secondary N) is 1. The minimum Gasteiger partial charge on any atom is -0.486 e. The molecule has 3 rings (SSSR count). The fraction of sp³-hybridized carbons (Fsp3) is 0.632. The molecule has 0 radical (unpaired) electrons. The van der Waals surface area contributed by atoms with Crippen molar-refractivity contribution in [1.29, 1.82) is 0 Å². The molecule has 0 bridgehead atoms. The van der Waals surface area contributed by atoms with Gasteiger partial charge in [-0.2, -0.15) is 0 Å². The maximum Gasteiger partial charge on any atom is 0.255 e. The smallest absolute Gasteiger partial charge is 0.255 e. The highest BCUT2D eigenvalue weighted by Gasteiger charge is 2.28. The molecule has 144 valence electrons. The zero-order valence-electron chi connectivity index (χ0n) is 15.4. The number of carbonyl (C=O) groups excluding carboxylic acids is 1. The molecule has 1 unspecified atom stereocenters. The highest BCUT2D eigenvalue weighted by molar-refractivity contribution is 5.99. The molecular formula is C19H29N3O4. The van der Waals surface area contributed by atoms with Gasteiger partial charge in [-0.05, 0) is 32.0 Å². The first kappa shape index (κ1) is 18.8. The van der Waals surface area contributed by atoms with Crippen LogP contribution in [0.4, 0.5) is 5.69 Å². The molecule has 2 atom stereocenters. The van der Waals surface area contributed by atoms with Crippen LogP contribution >= 0.6 is 0 Å². The van der Waals surface area contributed by atoms with Crippen molar-refractivity contribution < 1.29 is 19.4 Å². The fourth-order valence-corrected chi connectivity index (χ4v) is 3.53. The Morgan fingerprint density at radius 3 is 2.96 bits per heavy atom. The zero-order chi connectivity index (χ0) is 18.5. The van der Waals surface area contributed by atoms with E-state index < -0.39 is 6.10 Å². The molecule has 0 saturated carbocycles. The average Bonchev–Trinajstić information content (AvgIpc) is 2.64. The highest BCUT2D eigenvalue weighted by Crippen LogP contribution is 2.36. The van der Waals surface area contributed by atoms with Gasteiger partial charge in [0.25, 0.3) is 5.91 Å². The van der Waals surface area contributed by atoms with Crippen molar-refractivity contribution in [2.75, 3.05) is 45.1 Å². The van der Waals surface area contributed by atoms with Crippen LogP contribution in [0, 0.1) is 5.92 Å². The first-order valence-electron chi connectivity index (χ1n) is 9.46. The molecule has 26 heavy (non-hydrogen) atoms. The predicted octanol–water partition coefficient (Wildman–Crippen LogP) is 1.25. The molecule has 2 heterocycles. The number of piperidine rings is 1. The van der Waals surface area contributed by atoms with Crippen LogP contribution in [0.3, 0.4) is 0 Å². The Kier molecular flexibility index (Phi) is 6.21. The molecule has 4 N–H and O–H groups in total. The topological polar surface area (TPSA) is 97.1 Å². The van der Waals surface area contributed by atoms with E-state index in [2.05, 4.69) is 17.1 Å². The molecule has 1 fully saturated rings. The lowest BCUT2D eigenvalue weighted by Gasteiger charge is -2.36. The van der Waals surface area contributed by atoms with Crippen LogP contribution in [0.5, 0.6) is 11.5 Å². The third-order valence-electron chi connectivity index (χ3n) is 5.07. The Balaban J connectivity index is 1.57. The summed E-state index contributed by atoms with van der Waals surface area (Å²) >= 11 is 0. The Morgan fingerprint density at radius 1 is 1.38 bits per heavy atom. The number of aliphatic hydroxyl groups is 1. The number of unbranched alkanes of at least 4 members (excludes halogenated alkanes) is 1. The van der Waals surface area contributed by atoms with Crippen LogP contribution in [-0.2, 0) is 0 Å². The molecule has 7 heteroatoms. The maximum atomic E-state index is 12.6. The number of carbonyl (C=O) groups is 1. The lowest BCUT2D eigenvalue weighted by Crippen LogP contribution is -2.47. The van der Waals surface area contributed by atoms with Crippen molar-refractivity contribution >= 4 is 11.6 Å². The largest absolute Gasteiger partial charge is 0.486 e. The molecule has 2 aliphatic rings. The normalized spacial score (nSPS) is 22.8. The van der Waals surface area contributed by atoms with E-state index in [0.717, 1.165) is 32.4 Å². The average molecular weight is 363 g/mol. The predicted molar refractivity (Wildman–Crippen MR) is 99.6 cm³/mol. The number of rotatable bonds is 6. The van der Waals surface area contributed by atoms with Gasteiger partial charge in [-0.15, -0.1) is 0 Å². The molecule has 0 spiro atoms. The number of hydrogen-bond donors (Lipinski definition) is 3. The second-order valence-electron chi connectivity index (χ2n) is 7.07. The number of nitrogens with two attached hydrogens (primary N) is 1. The Hall–Kier alpha value is -1.99. The Morgan fingerprint density at radius 2 is 2.19 bits per heavy atom. The number of aliphatic hydroxyl groups excluding tert-OH is 1. The monoisotopic (exact) mass is 363 g/mol. The minimum atomic E-state index is -0.421. The molecule has 7 nitrogen and oxygen atoms in total. The molecule has 1 aromatic rings. The second kappa shape index (κ2) is 8.60. The Bertz CT molecular complexity index is 637. The molecule has 0 aliphatic carbocycles. The van der Waals surface area contributed by atoms with Crippen molar-refractivity contribution in [3.63, 3.8) is 0 Å². The van der Waals surface area contributed by atoms with E-state index in [1.165, 1.54) is 0 Å². The van der Waals surface area contributed by atoms with E-state index in [1.807, 2.05) is 0 Å². The fourth-order valence-electron chi connectivity index (χ4n) is 3.53. The number of hydrogen-bond acceptors (Lipinski definition) is 6. The summed E-state index contributed by atoms with van der Waals surface area (Å²) in [5, 5.41) is 13.3. The zero-order valence-corrected chi connectivity index (χ0v) is 15.4. The van der Waals surface area contributed by atoms with Gasteiger partial charge in [-0.1, -0.05) is 13.3 Å². The molecule has 0 aromatic heterocycles. The van der Waals surface area contributed by atoms with E-state index in [9.17, 15) is 9.90 Å². The van der Waals surface area contributed by atoms with Gasteiger partial charge < -0.3 is 30.5 Å². The van der Waals surface area contributed by atoms with Crippen molar-refractivity contribution in [3.05, 3.63) is 17.7 Å². The van der Waals surface area contributed by atoms with E-state index in [0.29, 0.717) is 49.1 Å². The number of anilines is 1. The number of benzene rings is 1. The summed E-state index contributed by atoms with van der Waals surface area (Å²) < 4.78 is 11.1. The first-order chi connectivity index (χ1) is 12.6. The first-order valence-corrected chi connectivity index (χ1v) is 9.46. The number of amides is 1. The number of nitrogen functional groups attached to an aromatic ring is 1. The third kappa shape index (κ3) is 4.40. The van der Waals surface area contributed by atoms with Crippen LogP contribution in [0.15, 0.2) is 12.1 Å². The molecule has 1 aromatic carbocycles. The number of fused-ring (bicyclic) bond motifs is 1. The standard InChI is InChI=1S/C19H29N3O4/c1-2-3-5-22-6-4-13(16(23)12-22)11-21-19(24)15-9-14(20)10-17-18(15)26-8-7-25-17/h9-10,13,16,23H,2-8,11-12,20H2,1H3,(H,21,24)/t13-,16?/m0/s1. The molecule has 2 aliphatic heterocycles. The summed E-state index contributed by atoms with van der Waals surface area (Å²) in [7, 11) is 0. The number of nitrogens with zero attached hydrogens (tertiary/aromatic N) is 1. The maximum absolute atomic E-state index is 12.6. The number of β-amino-alcohol motifs (C(OH)–C–C–N with tert-alkyl or cyclic N) is 1. The van der Waals surface area contributed by atoms with Crippen molar-refractivity contribution in [2.24, 2.45) is 5.92 Å². The van der Waals surface area contributed by atoms with Crippen LogP contribution in [-0.4, -0.2) is 61.4 Å². The van der Waals surface area contributed by atoms with E-state index in [1.54, 1.807) is 12.1 Å². The highest BCUT2D eigenvalue weighted by atomic mass is 16.6. The summed E-state index contributed by atoms with van der Waals surface area (Å²) in [5.41, 5.74) is 6.72. The van der Waals surface area contributed by atoms with E-state index in [4.69, 9.17) is 15.2 Å². The summed E-state index contributed by atoms with van der Waals surface area (Å²) in [6, 6.07) is 3.27. The second-order valence-corrected chi connectivity index (χ2v) is 7.07. The van der Waals surface area contributed by atoms with Crippen molar-refractivity contribution in [2.45, 2.75) is 32.3 Å². The third-order valence-corrected chi connectivity index (χ3v) is 5.07. The van der Waals surface area contributed by atoms with Gasteiger partial charge in [0.15, 0.2) is 11.5 Å². The summed E-state index contributed by atoms with van der Waals surface area (Å²) in [5.74, 6) is 0.758. The van der Waals surface area contributed by atoms with E-state index >= 15 is 0 Å². The van der Waals surface area contributed by atoms with Gasteiger partial charge in [-0.25, -0.2) is 0 Å². The van der Waals surface area contributed by atoms with Crippen LogP contribution in [0.25, 0.3) is 0 Å².